The molecule has 0 unspecified atom stereocenters. The second-order valence-corrected chi connectivity index (χ2v) is 6.39. The van der Waals surface area contributed by atoms with Crippen LogP contribution in [0.15, 0.2) is 66.9 Å². The summed E-state index contributed by atoms with van der Waals surface area (Å²) in [5, 5.41) is 12.2. The molecule has 2 aromatic carbocycles. The van der Waals surface area contributed by atoms with Crippen LogP contribution in [0, 0.1) is 11.3 Å². The number of rotatable bonds is 5. The Morgan fingerprint density at radius 1 is 1.14 bits per heavy atom. The van der Waals surface area contributed by atoms with Gasteiger partial charge in [0.2, 0.25) is 0 Å². The van der Waals surface area contributed by atoms with Crippen molar-refractivity contribution in [1.82, 2.24) is 4.98 Å². The summed E-state index contributed by atoms with van der Waals surface area (Å²) in [7, 11) is 1.61. The van der Waals surface area contributed by atoms with Crippen LogP contribution >= 0.6 is 0 Å². The fraction of sp³-hybridized carbons (Fsp3) is 0.136. The van der Waals surface area contributed by atoms with Gasteiger partial charge in [-0.3, -0.25) is 14.7 Å². The number of amides is 1. The highest BCUT2D eigenvalue weighted by Gasteiger charge is 2.38. The minimum Gasteiger partial charge on any atom is -0.497 e. The number of hydrogen-bond acceptors (Lipinski definition) is 5. The lowest BCUT2D eigenvalue weighted by Gasteiger charge is -2.26. The number of hydrogen-bond donors (Lipinski definition) is 1. The highest BCUT2D eigenvalue weighted by Crippen LogP contribution is 2.37. The van der Waals surface area contributed by atoms with Gasteiger partial charge in [0.25, 0.3) is 5.91 Å². The number of nitrogens with zero attached hydrogens (tertiary/aromatic N) is 3. The Balaban J connectivity index is 1.70. The maximum absolute atomic E-state index is 13.1. The van der Waals surface area contributed by atoms with E-state index < -0.39 is 6.17 Å². The predicted molar refractivity (Wildman–Crippen MR) is 106 cm³/mol. The van der Waals surface area contributed by atoms with Gasteiger partial charge in [0.05, 0.1) is 30.9 Å². The number of ether oxygens (including phenoxy) is 1. The van der Waals surface area contributed by atoms with Crippen LogP contribution in [-0.4, -0.2) is 18.0 Å². The molecule has 0 spiro atoms. The summed E-state index contributed by atoms with van der Waals surface area (Å²) in [6.45, 7) is 0. The maximum Gasteiger partial charge on any atom is 0.262 e. The minimum absolute atomic E-state index is 0.105. The number of nitriles is 1. The molecule has 1 aromatic heterocycles. The second-order valence-electron chi connectivity index (χ2n) is 6.39. The summed E-state index contributed by atoms with van der Waals surface area (Å²) in [4.78, 5) is 19.2. The van der Waals surface area contributed by atoms with Crippen LogP contribution in [0.4, 0.5) is 11.4 Å². The summed E-state index contributed by atoms with van der Waals surface area (Å²) in [6.07, 6.45) is 1.62. The van der Waals surface area contributed by atoms with E-state index in [4.69, 9.17) is 10.00 Å². The predicted octanol–water partition coefficient (Wildman–Crippen LogP) is 3.93. The van der Waals surface area contributed by atoms with E-state index in [9.17, 15) is 4.79 Å². The summed E-state index contributed by atoms with van der Waals surface area (Å²) < 4.78 is 5.22. The number of carbonyl (C=O) groups excluding carboxylic acids is 1. The summed E-state index contributed by atoms with van der Waals surface area (Å²) in [6, 6.07) is 20.7. The number of anilines is 2. The van der Waals surface area contributed by atoms with Crippen molar-refractivity contribution < 1.29 is 9.53 Å². The third-order valence-electron chi connectivity index (χ3n) is 4.70. The second kappa shape index (κ2) is 7.41. The Labute approximate surface area is 163 Å². The van der Waals surface area contributed by atoms with Crippen molar-refractivity contribution in [2.45, 2.75) is 12.6 Å². The highest BCUT2D eigenvalue weighted by molar-refractivity contribution is 6.11. The summed E-state index contributed by atoms with van der Waals surface area (Å²) >= 11 is 0. The number of pyridine rings is 1. The molecule has 0 bridgehead atoms. The molecule has 1 aliphatic heterocycles. The van der Waals surface area contributed by atoms with Gasteiger partial charge in [-0.1, -0.05) is 12.1 Å². The van der Waals surface area contributed by atoms with Crippen LogP contribution in [0.3, 0.4) is 0 Å². The lowest BCUT2D eigenvalue weighted by Crippen LogP contribution is -2.32. The fourth-order valence-electron chi connectivity index (χ4n) is 3.30. The molecule has 1 N–H and O–H groups in total. The lowest BCUT2D eigenvalue weighted by molar-refractivity contribution is 0.0993. The molecule has 0 saturated carbocycles. The van der Waals surface area contributed by atoms with Crippen molar-refractivity contribution in [2.24, 2.45) is 0 Å². The van der Waals surface area contributed by atoms with E-state index >= 15 is 0 Å². The maximum atomic E-state index is 13.1. The van der Waals surface area contributed by atoms with E-state index in [-0.39, 0.29) is 5.91 Å². The topological polar surface area (TPSA) is 78.2 Å². The standard InChI is InChI=1S/C22H18N4O2/c1-28-18-10-8-17(9-11-18)26-21(20-19(22(26)27)3-2-14-24-20)25-16-6-4-15(5-7-16)12-13-23/h2-11,14,21,25H,12H2,1H3/t21-/m0/s1. The van der Waals surface area contributed by atoms with Crippen molar-refractivity contribution >= 4 is 17.3 Å². The number of methoxy groups -OCH3 is 1. The molecule has 138 valence electrons. The monoisotopic (exact) mass is 370 g/mol. The van der Waals surface area contributed by atoms with Gasteiger partial charge in [0.1, 0.15) is 5.75 Å². The fourth-order valence-corrected chi connectivity index (χ4v) is 3.30. The first-order chi connectivity index (χ1) is 13.7. The van der Waals surface area contributed by atoms with Gasteiger partial charge in [0, 0.05) is 17.6 Å². The highest BCUT2D eigenvalue weighted by atomic mass is 16.5. The third kappa shape index (κ3) is 3.14. The van der Waals surface area contributed by atoms with Crippen LogP contribution in [0.25, 0.3) is 0 Å². The van der Waals surface area contributed by atoms with Gasteiger partial charge in [-0.2, -0.15) is 5.26 Å². The van der Waals surface area contributed by atoms with Crippen LogP contribution in [0.2, 0.25) is 0 Å². The quantitative estimate of drug-likeness (QED) is 0.736. The Bertz CT molecular complexity index is 1040. The Kier molecular flexibility index (Phi) is 4.65. The molecule has 6 heteroatoms. The first kappa shape index (κ1) is 17.6. The molecule has 4 rings (SSSR count). The molecule has 28 heavy (non-hydrogen) atoms. The lowest BCUT2D eigenvalue weighted by atomic mass is 10.1. The minimum atomic E-state index is -0.432. The van der Waals surface area contributed by atoms with Crippen LogP contribution in [0.1, 0.15) is 27.8 Å². The molecule has 2 heterocycles. The smallest absolute Gasteiger partial charge is 0.262 e. The van der Waals surface area contributed by atoms with Crippen LogP contribution in [-0.2, 0) is 6.42 Å². The van der Waals surface area contributed by atoms with Crippen molar-refractivity contribution in [3.05, 3.63) is 83.7 Å². The molecular formula is C22H18N4O2. The van der Waals surface area contributed by atoms with Gasteiger partial charge in [-0.05, 0) is 54.1 Å². The molecule has 0 radical (unpaired) electrons. The summed E-state index contributed by atoms with van der Waals surface area (Å²) in [5.74, 6) is 0.621. The number of aromatic nitrogens is 1. The number of carbonyl (C=O) groups is 1. The number of benzene rings is 2. The molecule has 1 atom stereocenters. The molecule has 3 aromatic rings. The average Bonchev–Trinajstić information content (AvgIpc) is 3.02. The van der Waals surface area contributed by atoms with Gasteiger partial charge >= 0.3 is 0 Å². The van der Waals surface area contributed by atoms with Gasteiger partial charge < -0.3 is 10.1 Å². The van der Waals surface area contributed by atoms with Crippen LogP contribution < -0.4 is 15.0 Å². The van der Waals surface area contributed by atoms with Gasteiger partial charge in [-0.25, -0.2) is 0 Å². The molecule has 1 amide bonds. The largest absolute Gasteiger partial charge is 0.497 e. The molecule has 6 nitrogen and oxygen atoms in total. The Morgan fingerprint density at radius 2 is 1.89 bits per heavy atom. The molecular weight excluding hydrogens is 352 g/mol. The molecule has 0 aliphatic carbocycles. The SMILES string of the molecule is COc1ccc(N2C(=O)c3cccnc3[C@H]2Nc2ccc(CC#N)cc2)cc1. The normalized spacial score (nSPS) is 15.1. The zero-order valence-corrected chi connectivity index (χ0v) is 15.3. The van der Waals surface area contributed by atoms with Gasteiger partial charge in [0.15, 0.2) is 6.17 Å². The number of fused-ring (bicyclic) bond motifs is 1. The van der Waals surface area contributed by atoms with Crippen molar-refractivity contribution in [2.75, 3.05) is 17.3 Å². The van der Waals surface area contributed by atoms with E-state index in [1.807, 2.05) is 48.5 Å². The first-order valence-corrected chi connectivity index (χ1v) is 8.86. The van der Waals surface area contributed by atoms with E-state index in [0.29, 0.717) is 17.7 Å². The van der Waals surface area contributed by atoms with E-state index in [0.717, 1.165) is 22.7 Å². The zero-order chi connectivity index (χ0) is 19.5. The van der Waals surface area contributed by atoms with E-state index in [1.54, 1.807) is 30.3 Å². The van der Waals surface area contributed by atoms with Crippen LogP contribution in [0.5, 0.6) is 5.75 Å². The van der Waals surface area contributed by atoms with Crippen molar-refractivity contribution in [3.8, 4) is 11.8 Å². The Morgan fingerprint density at radius 3 is 2.57 bits per heavy atom. The first-order valence-electron chi connectivity index (χ1n) is 8.86. The average molecular weight is 370 g/mol. The molecule has 1 aliphatic rings. The Hall–Kier alpha value is -3.85. The van der Waals surface area contributed by atoms with Crippen molar-refractivity contribution in [1.29, 1.82) is 5.26 Å². The number of nitrogens with one attached hydrogen (secondary N) is 1. The molecule has 0 fully saturated rings. The summed E-state index contributed by atoms with van der Waals surface area (Å²) in [5.41, 5.74) is 3.81. The zero-order valence-electron chi connectivity index (χ0n) is 15.3. The van der Waals surface area contributed by atoms with Crippen molar-refractivity contribution in [3.63, 3.8) is 0 Å². The third-order valence-corrected chi connectivity index (χ3v) is 4.70. The van der Waals surface area contributed by atoms with Gasteiger partial charge in [-0.15, -0.1) is 0 Å². The van der Waals surface area contributed by atoms with E-state index in [1.165, 1.54) is 0 Å². The van der Waals surface area contributed by atoms with E-state index in [2.05, 4.69) is 16.4 Å². The molecule has 0 saturated heterocycles.